The molecule has 0 N–H and O–H groups in total. The molecule has 0 aromatic heterocycles. The molecule has 1 atom stereocenters. The Balaban J connectivity index is 3.21. The average Bonchev–Trinajstić information content (AvgIpc) is 1.98. The van der Waals surface area contributed by atoms with E-state index in [1.807, 2.05) is 0 Å². The lowest BCUT2D eigenvalue weighted by Gasteiger charge is -2.09. The van der Waals surface area contributed by atoms with Crippen molar-refractivity contribution in [2.24, 2.45) is 5.92 Å². The van der Waals surface area contributed by atoms with Gasteiger partial charge in [-0.3, -0.25) is 0 Å². The number of alkyl halides is 3. The van der Waals surface area contributed by atoms with Crippen LogP contribution in [-0.4, -0.2) is 16.0 Å². The van der Waals surface area contributed by atoms with Gasteiger partial charge in [0.05, 0.1) is 0 Å². The molecular formula is C7H13Br3. The summed E-state index contributed by atoms with van der Waals surface area (Å²) in [4.78, 5) is 0. The van der Waals surface area contributed by atoms with Crippen LogP contribution in [0.2, 0.25) is 0 Å². The van der Waals surface area contributed by atoms with Crippen LogP contribution in [0.3, 0.4) is 0 Å². The third-order valence-electron chi connectivity index (χ3n) is 1.48. The molecule has 0 aromatic carbocycles. The second kappa shape index (κ2) is 8.54. The SMILES string of the molecule is BrCCC[C@H](CBr)CCBr. The fourth-order valence-corrected chi connectivity index (χ4v) is 2.44. The van der Waals surface area contributed by atoms with Gasteiger partial charge in [-0.15, -0.1) is 0 Å². The van der Waals surface area contributed by atoms with Gasteiger partial charge in [0.15, 0.2) is 0 Å². The van der Waals surface area contributed by atoms with Crippen LogP contribution in [0.25, 0.3) is 0 Å². The van der Waals surface area contributed by atoms with Crippen molar-refractivity contribution in [3.05, 3.63) is 0 Å². The van der Waals surface area contributed by atoms with Gasteiger partial charge in [0.2, 0.25) is 0 Å². The molecule has 3 heteroatoms. The predicted octanol–water partition coefficient (Wildman–Crippen LogP) is 3.96. The lowest BCUT2D eigenvalue weighted by atomic mass is 10.0. The highest BCUT2D eigenvalue weighted by Crippen LogP contribution is 2.15. The Morgan fingerprint density at radius 3 is 2.00 bits per heavy atom. The smallest absolute Gasteiger partial charge is 0.00599 e. The standard InChI is InChI=1S/C7H13Br3/c8-4-1-2-7(6-10)3-5-9/h7H,1-6H2/t7-/m0/s1. The molecule has 0 spiro atoms. The average molecular weight is 337 g/mol. The van der Waals surface area contributed by atoms with Gasteiger partial charge >= 0.3 is 0 Å². The van der Waals surface area contributed by atoms with Crippen molar-refractivity contribution in [3.8, 4) is 0 Å². The van der Waals surface area contributed by atoms with Gasteiger partial charge < -0.3 is 0 Å². The topological polar surface area (TPSA) is 0 Å². The predicted molar refractivity (Wildman–Crippen MR) is 58.7 cm³/mol. The molecule has 0 aliphatic carbocycles. The minimum Gasteiger partial charge on any atom is -0.0928 e. The summed E-state index contributed by atoms with van der Waals surface area (Å²) in [6, 6.07) is 0. The highest BCUT2D eigenvalue weighted by atomic mass is 79.9. The zero-order valence-electron chi connectivity index (χ0n) is 5.95. The summed E-state index contributed by atoms with van der Waals surface area (Å²) in [5, 5.41) is 3.41. The molecule has 0 nitrogen and oxygen atoms in total. The Labute approximate surface area is 88.5 Å². The van der Waals surface area contributed by atoms with E-state index in [4.69, 9.17) is 0 Å². The van der Waals surface area contributed by atoms with E-state index in [1.165, 1.54) is 19.3 Å². The van der Waals surface area contributed by atoms with Gasteiger partial charge in [-0.05, 0) is 25.2 Å². The van der Waals surface area contributed by atoms with Crippen molar-refractivity contribution in [1.82, 2.24) is 0 Å². The molecule has 0 aromatic rings. The van der Waals surface area contributed by atoms with E-state index in [0.29, 0.717) is 0 Å². The highest BCUT2D eigenvalue weighted by Gasteiger charge is 2.04. The monoisotopic (exact) mass is 334 g/mol. The second-order valence-electron chi connectivity index (χ2n) is 2.33. The van der Waals surface area contributed by atoms with Crippen LogP contribution >= 0.6 is 47.8 Å². The van der Waals surface area contributed by atoms with E-state index in [0.717, 1.165) is 21.9 Å². The molecule has 0 amide bonds. The quantitative estimate of drug-likeness (QED) is 0.644. The number of rotatable bonds is 6. The summed E-state index contributed by atoms with van der Waals surface area (Å²) in [5.74, 6) is 0.858. The molecule has 0 heterocycles. The van der Waals surface area contributed by atoms with Crippen LogP contribution in [0.4, 0.5) is 0 Å². The number of hydrogen-bond acceptors (Lipinski definition) is 0. The van der Waals surface area contributed by atoms with Gasteiger partial charge in [0.25, 0.3) is 0 Å². The zero-order chi connectivity index (χ0) is 7.82. The molecule has 0 radical (unpaired) electrons. The summed E-state index contributed by atoms with van der Waals surface area (Å²) in [6.45, 7) is 0. The van der Waals surface area contributed by atoms with Crippen molar-refractivity contribution in [2.45, 2.75) is 19.3 Å². The van der Waals surface area contributed by atoms with E-state index in [1.54, 1.807) is 0 Å². The van der Waals surface area contributed by atoms with Crippen molar-refractivity contribution >= 4 is 47.8 Å². The molecule has 0 rings (SSSR count). The van der Waals surface area contributed by atoms with E-state index in [9.17, 15) is 0 Å². The molecule has 0 saturated carbocycles. The summed E-state index contributed by atoms with van der Waals surface area (Å²) < 4.78 is 0. The van der Waals surface area contributed by atoms with Crippen molar-refractivity contribution in [2.75, 3.05) is 16.0 Å². The Morgan fingerprint density at radius 1 is 0.900 bits per heavy atom. The minimum absolute atomic E-state index is 0.858. The van der Waals surface area contributed by atoms with Crippen LogP contribution < -0.4 is 0 Å². The molecule has 0 unspecified atom stereocenters. The fourth-order valence-electron chi connectivity index (χ4n) is 0.819. The largest absolute Gasteiger partial charge is 0.0928 e. The zero-order valence-corrected chi connectivity index (χ0v) is 10.7. The first kappa shape index (κ1) is 11.4. The fraction of sp³-hybridized carbons (Fsp3) is 1.00. The van der Waals surface area contributed by atoms with Crippen molar-refractivity contribution in [3.63, 3.8) is 0 Å². The Morgan fingerprint density at radius 2 is 1.60 bits per heavy atom. The summed E-state index contributed by atoms with van der Waals surface area (Å²) in [5.41, 5.74) is 0. The van der Waals surface area contributed by atoms with Crippen molar-refractivity contribution < 1.29 is 0 Å². The van der Waals surface area contributed by atoms with E-state index < -0.39 is 0 Å². The van der Waals surface area contributed by atoms with Gasteiger partial charge in [-0.2, -0.15) is 0 Å². The lowest BCUT2D eigenvalue weighted by Crippen LogP contribution is -2.02. The Hall–Kier alpha value is 1.44. The first-order valence-corrected chi connectivity index (χ1v) is 6.89. The highest BCUT2D eigenvalue weighted by molar-refractivity contribution is 9.09. The third-order valence-corrected chi connectivity index (χ3v) is 3.42. The molecule has 0 aliphatic heterocycles. The normalized spacial score (nSPS) is 13.5. The van der Waals surface area contributed by atoms with Gasteiger partial charge in [-0.25, -0.2) is 0 Å². The third kappa shape index (κ3) is 6.17. The molecule has 10 heavy (non-hydrogen) atoms. The van der Waals surface area contributed by atoms with Gasteiger partial charge in [0.1, 0.15) is 0 Å². The van der Waals surface area contributed by atoms with Crippen LogP contribution in [0.15, 0.2) is 0 Å². The van der Waals surface area contributed by atoms with Crippen LogP contribution in [0.1, 0.15) is 19.3 Å². The second-order valence-corrected chi connectivity index (χ2v) is 4.56. The number of hydrogen-bond donors (Lipinski definition) is 0. The maximum absolute atomic E-state index is 3.51. The van der Waals surface area contributed by atoms with Gasteiger partial charge in [0, 0.05) is 16.0 Å². The maximum Gasteiger partial charge on any atom is 0.00599 e. The van der Waals surface area contributed by atoms with Crippen LogP contribution in [-0.2, 0) is 0 Å². The van der Waals surface area contributed by atoms with Crippen LogP contribution in [0.5, 0.6) is 0 Å². The Bertz CT molecular complexity index is 65.9. The molecule has 0 saturated heterocycles. The summed E-state index contributed by atoms with van der Waals surface area (Å²) in [7, 11) is 0. The molecule has 0 fully saturated rings. The molecule has 0 bridgehead atoms. The Kier molecular flexibility index (Phi) is 9.76. The number of halogens is 3. The first-order valence-electron chi connectivity index (χ1n) is 3.53. The lowest BCUT2D eigenvalue weighted by molar-refractivity contribution is 0.529. The minimum atomic E-state index is 0.858. The van der Waals surface area contributed by atoms with Crippen LogP contribution in [0, 0.1) is 5.92 Å². The molecule has 0 aliphatic rings. The molecule has 62 valence electrons. The van der Waals surface area contributed by atoms with E-state index >= 15 is 0 Å². The summed E-state index contributed by atoms with van der Waals surface area (Å²) >= 11 is 10.4. The van der Waals surface area contributed by atoms with E-state index in [2.05, 4.69) is 47.8 Å². The first-order chi connectivity index (χ1) is 4.85. The van der Waals surface area contributed by atoms with Gasteiger partial charge in [-0.1, -0.05) is 47.8 Å². The molecular weight excluding hydrogens is 324 g/mol. The van der Waals surface area contributed by atoms with E-state index in [-0.39, 0.29) is 0 Å². The van der Waals surface area contributed by atoms with Crippen molar-refractivity contribution in [1.29, 1.82) is 0 Å². The maximum atomic E-state index is 3.51. The summed E-state index contributed by atoms with van der Waals surface area (Å²) in [6.07, 6.45) is 3.92.